The van der Waals surface area contributed by atoms with Crippen molar-refractivity contribution in [1.29, 1.82) is 0 Å². The first-order valence-corrected chi connectivity index (χ1v) is 4.40. The fourth-order valence-electron chi connectivity index (χ4n) is 0.526. The van der Waals surface area contributed by atoms with E-state index in [1.807, 2.05) is 0 Å². The fourth-order valence-corrected chi connectivity index (χ4v) is 0.526. The van der Waals surface area contributed by atoms with Crippen LogP contribution < -0.4 is 31.9 Å². The minimum absolute atomic E-state index is 0. The largest absolute Gasteiger partial charge is 4.00 e. The van der Waals surface area contributed by atoms with Gasteiger partial charge in [-0.25, -0.2) is 0 Å². The van der Waals surface area contributed by atoms with Gasteiger partial charge in [-0.1, -0.05) is 0 Å². The molecule has 0 bridgehead atoms. The fraction of sp³-hybridized carbons (Fsp3) is 0.500. The summed E-state index contributed by atoms with van der Waals surface area (Å²) in [5, 5.41) is 38.7. The Hall–Kier alpha value is -1.28. The summed E-state index contributed by atoms with van der Waals surface area (Å²) in [6.07, 6.45) is -1.41. The van der Waals surface area contributed by atoms with Gasteiger partial charge in [-0.3, -0.25) is 0 Å². The van der Waals surface area contributed by atoms with Crippen molar-refractivity contribution in [3.63, 3.8) is 0 Å². The van der Waals surface area contributed by atoms with Crippen molar-refractivity contribution < 1.29 is 39.6 Å². The van der Waals surface area contributed by atoms with Gasteiger partial charge in [-0.05, 0) is 0 Å². The number of aliphatic carboxylic acids is 4. The van der Waals surface area contributed by atoms with Crippen LogP contribution in [-0.4, -0.2) is 63.3 Å². The Kier molecular flexibility index (Phi) is 14.2. The Morgan fingerprint density at radius 3 is 1.00 bits per heavy atom. The molecule has 0 saturated heterocycles. The summed E-state index contributed by atoms with van der Waals surface area (Å²) in [4.78, 5) is 38.7. The molecule has 0 spiro atoms. The van der Waals surface area contributed by atoms with Crippen molar-refractivity contribution in [3.05, 3.63) is 0 Å². The third-order valence-corrected chi connectivity index (χ3v) is 1.38. The van der Waals surface area contributed by atoms with Crippen LogP contribution in [-0.2, 0) is 19.2 Å². The van der Waals surface area contributed by atoms with E-state index in [9.17, 15) is 39.6 Å². The Balaban J connectivity index is -0.000000256. The zero-order valence-electron chi connectivity index (χ0n) is 9.49. The van der Waals surface area contributed by atoms with Crippen molar-refractivity contribution in [1.82, 2.24) is 0 Å². The van der Waals surface area contributed by atoms with Crippen molar-refractivity contribution in [2.24, 2.45) is 11.5 Å². The number of carboxylic acids is 4. The molecular formula is C8H10N2O8Pb. The van der Waals surface area contributed by atoms with Gasteiger partial charge in [0.05, 0.1) is 11.9 Å². The van der Waals surface area contributed by atoms with Crippen LogP contribution in [0.2, 0.25) is 0 Å². The van der Waals surface area contributed by atoms with Gasteiger partial charge >= 0.3 is 27.3 Å². The van der Waals surface area contributed by atoms with Crippen LogP contribution >= 0.6 is 0 Å². The first-order valence-electron chi connectivity index (χ1n) is 4.40. The van der Waals surface area contributed by atoms with Gasteiger partial charge in [-0.2, -0.15) is 0 Å². The normalized spacial score (nSPS) is 11.9. The molecule has 10 nitrogen and oxygen atoms in total. The topological polar surface area (TPSA) is 213 Å². The zero-order valence-corrected chi connectivity index (χ0v) is 13.4. The maximum atomic E-state index is 9.71. The van der Waals surface area contributed by atoms with E-state index in [2.05, 4.69) is 0 Å². The maximum Gasteiger partial charge on any atom is 4.00 e. The summed E-state index contributed by atoms with van der Waals surface area (Å²) in [5.41, 5.74) is 9.47. The molecule has 0 aliphatic heterocycles. The van der Waals surface area contributed by atoms with E-state index in [1.165, 1.54) is 0 Å². The Labute approximate surface area is 127 Å². The molecule has 19 heavy (non-hydrogen) atoms. The molecule has 104 valence electrons. The molecule has 11 heteroatoms. The summed E-state index contributed by atoms with van der Waals surface area (Å²) in [7, 11) is 0. The standard InChI is InChI=1S/2C4H7NO4.Pb/c2*5-2(4(8)9)1-3(6)7;/h2*2H,1,5H2,(H,6,7)(H,8,9);/q;;+4/p-4/t2*2-;/m00./s1. The van der Waals surface area contributed by atoms with E-state index in [-0.39, 0.29) is 27.3 Å². The molecule has 0 fully saturated rings. The minimum atomic E-state index is -1.58. The van der Waals surface area contributed by atoms with E-state index in [0.29, 0.717) is 0 Å². The van der Waals surface area contributed by atoms with Gasteiger partial charge in [0.1, 0.15) is 0 Å². The second-order valence-electron chi connectivity index (χ2n) is 3.00. The Bertz CT molecular complexity index is 303. The predicted molar refractivity (Wildman–Crippen MR) is 51.0 cm³/mol. The molecule has 0 saturated carbocycles. The second kappa shape index (κ2) is 11.8. The van der Waals surface area contributed by atoms with Crippen LogP contribution in [0.15, 0.2) is 0 Å². The molecule has 0 aromatic heterocycles. The average Bonchev–Trinajstić information content (AvgIpc) is 2.16. The molecule has 0 aliphatic carbocycles. The van der Waals surface area contributed by atoms with Gasteiger partial charge in [-0.15, -0.1) is 0 Å². The third-order valence-electron chi connectivity index (χ3n) is 1.38. The average molecular weight is 469 g/mol. The summed E-state index contributed by atoms with van der Waals surface area (Å²) in [6.45, 7) is 0. The van der Waals surface area contributed by atoms with Crippen LogP contribution in [0.25, 0.3) is 0 Å². The zero-order chi connectivity index (χ0) is 14.9. The predicted octanol–water partition coefficient (Wildman–Crippen LogP) is -7.97. The number of carbonyl (C=O) groups excluding carboxylic acids is 4. The molecule has 0 aromatic rings. The summed E-state index contributed by atoms with van der Waals surface area (Å²) >= 11 is 0. The van der Waals surface area contributed by atoms with Crippen LogP contribution in [0.4, 0.5) is 0 Å². The number of nitrogens with two attached hydrogens (primary N) is 2. The molecule has 0 aliphatic rings. The first-order chi connectivity index (χ1) is 8.07. The summed E-state index contributed by atoms with van der Waals surface area (Å²) < 4.78 is 0. The summed E-state index contributed by atoms with van der Waals surface area (Å²) in [6, 6.07) is -2.93. The Morgan fingerprint density at radius 2 is 0.947 bits per heavy atom. The van der Waals surface area contributed by atoms with Crippen LogP contribution in [0, 0.1) is 0 Å². The smallest absolute Gasteiger partial charge is 0.550 e. The number of carboxylic acid groups (broad SMARTS) is 4. The van der Waals surface area contributed by atoms with Crippen LogP contribution in [0.3, 0.4) is 0 Å². The van der Waals surface area contributed by atoms with Gasteiger partial charge in [0.2, 0.25) is 0 Å². The minimum Gasteiger partial charge on any atom is -0.550 e. The molecule has 0 unspecified atom stereocenters. The van der Waals surface area contributed by atoms with E-state index in [4.69, 9.17) is 11.5 Å². The van der Waals surface area contributed by atoms with Gasteiger partial charge in [0, 0.05) is 36.9 Å². The van der Waals surface area contributed by atoms with E-state index < -0.39 is 48.8 Å². The molecule has 2 atom stereocenters. The van der Waals surface area contributed by atoms with Crippen LogP contribution in [0.5, 0.6) is 0 Å². The quantitative estimate of drug-likeness (QED) is 0.350. The van der Waals surface area contributed by atoms with Crippen molar-refractivity contribution in [2.75, 3.05) is 0 Å². The van der Waals surface area contributed by atoms with Gasteiger partial charge in [0.15, 0.2) is 0 Å². The molecule has 0 heterocycles. The summed E-state index contributed by atoms with van der Waals surface area (Å²) in [5.74, 6) is -6.16. The molecule has 0 aromatic carbocycles. The number of rotatable bonds is 6. The van der Waals surface area contributed by atoms with E-state index in [1.54, 1.807) is 0 Å². The Morgan fingerprint density at radius 1 is 0.737 bits per heavy atom. The van der Waals surface area contributed by atoms with Crippen molar-refractivity contribution >= 4 is 51.2 Å². The first kappa shape index (κ1) is 22.9. The second-order valence-corrected chi connectivity index (χ2v) is 3.00. The van der Waals surface area contributed by atoms with Crippen molar-refractivity contribution in [3.8, 4) is 0 Å². The van der Waals surface area contributed by atoms with Gasteiger partial charge in [0.25, 0.3) is 0 Å². The van der Waals surface area contributed by atoms with Crippen molar-refractivity contribution in [2.45, 2.75) is 24.9 Å². The van der Waals surface area contributed by atoms with E-state index >= 15 is 0 Å². The number of carbonyl (C=O) groups is 4. The number of hydrogen-bond donors (Lipinski definition) is 2. The molecule has 0 radical (unpaired) electrons. The maximum absolute atomic E-state index is 9.71. The number of hydrogen-bond acceptors (Lipinski definition) is 10. The molecule has 0 rings (SSSR count). The van der Waals surface area contributed by atoms with E-state index in [0.717, 1.165) is 0 Å². The molecule has 0 amide bonds. The van der Waals surface area contributed by atoms with Crippen LogP contribution in [0.1, 0.15) is 12.8 Å². The third kappa shape index (κ3) is 16.7. The molecule has 4 N–H and O–H groups in total. The molecular weight excluding hydrogens is 459 g/mol. The SMILES string of the molecule is N[C@@H](CC(=O)[O-])C(=O)[O-].N[C@@H](CC(=O)[O-])C(=O)[O-].[Pb+4]. The van der Waals surface area contributed by atoms with Gasteiger partial charge < -0.3 is 51.1 Å². The monoisotopic (exact) mass is 470 g/mol.